The molecule has 1 atom stereocenters. The zero-order chi connectivity index (χ0) is 18.1. The van der Waals surface area contributed by atoms with Crippen LogP contribution >= 0.6 is 11.3 Å². The molecule has 0 bridgehead atoms. The van der Waals surface area contributed by atoms with Crippen LogP contribution in [0.1, 0.15) is 74.2 Å². The van der Waals surface area contributed by atoms with Gasteiger partial charge in [0.1, 0.15) is 10.7 Å². The van der Waals surface area contributed by atoms with Crippen molar-refractivity contribution in [1.82, 2.24) is 14.9 Å². The summed E-state index contributed by atoms with van der Waals surface area (Å²) in [6.45, 7) is 7.18. The van der Waals surface area contributed by atoms with E-state index in [9.17, 15) is 0 Å². The minimum absolute atomic E-state index is 0.127. The largest absolute Gasteiger partial charge is 0.383 e. The molecule has 1 unspecified atom stereocenters. The molecule has 2 fully saturated rings. The lowest BCUT2D eigenvalue weighted by Crippen LogP contribution is -2.44. The number of nitrogens with zero attached hydrogens (tertiary/aromatic N) is 3. The molecular formula is C21H31N3OS. The van der Waals surface area contributed by atoms with Crippen molar-refractivity contribution in [3.63, 3.8) is 0 Å². The fourth-order valence-electron chi connectivity index (χ4n) is 4.83. The molecule has 142 valence electrons. The molecule has 0 aromatic carbocycles. The Bertz CT molecular complexity index is 768. The van der Waals surface area contributed by atoms with Gasteiger partial charge in [-0.3, -0.25) is 4.90 Å². The third kappa shape index (κ3) is 3.54. The van der Waals surface area contributed by atoms with E-state index in [0.29, 0.717) is 0 Å². The fourth-order valence-corrected chi connectivity index (χ4v) is 6.10. The van der Waals surface area contributed by atoms with Crippen LogP contribution < -0.4 is 0 Å². The SMILES string of the molecule is COCC1(C)CCCN1Cc1nc(C)nc2sc(C3CCCCC3)cc12. The Morgan fingerprint density at radius 1 is 1.23 bits per heavy atom. The van der Waals surface area contributed by atoms with Gasteiger partial charge in [0.2, 0.25) is 0 Å². The second-order valence-corrected chi connectivity index (χ2v) is 9.44. The maximum Gasteiger partial charge on any atom is 0.127 e. The Hall–Kier alpha value is -1.04. The molecule has 2 aromatic heterocycles. The Balaban J connectivity index is 1.65. The molecule has 3 heterocycles. The Morgan fingerprint density at radius 2 is 2.04 bits per heavy atom. The molecule has 2 aromatic rings. The molecule has 1 saturated heterocycles. The lowest BCUT2D eigenvalue weighted by Gasteiger charge is -2.34. The van der Waals surface area contributed by atoms with Crippen LogP contribution in [0.5, 0.6) is 0 Å². The third-order valence-corrected chi connectivity index (χ3v) is 7.50. The van der Waals surface area contributed by atoms with E-state index in [-0.39, 0.29) is 5.54 Å². The number of fused-ring (bicyclic) bond motifs is 1. The zero-order valence-corrected chi connectivity index (χ0v) is 17.2. The summed E-state index contributed by atoms with van der Waals surface area (Å²) in [5, 5.41) is 1.29. The van der Waals surface area contributed by atoms with E-state index < -0.39 is 0 Å². The number of rotatable bonds is 5. The Labute approximate surface area is 161 Å². The minimum atomic E-state index is 0.127. The van der Waals surface area contributed by atoms with Crippen LogP contribution in [0.15, 0.2) is 6.07 Å². The lowest BCUT2D eigenvalue weighted by atomic mass is 9.88. The van der Waals surface area contributed by atoms with E-state index in [4.69, 9.17) is 14.7 Å². The second kappa shape index (κ2) is 7.53. The molecule has 0 amide bonds. The highest BCUT2D eigenvalue weighted by Crippen LogP contribution is 2.40. The van der Waals surface area contributed by atoms with Gasteiger partial charge in [-0.25, -0.2) is 9.97 Å². The van der Waals surface area contributed by atoms with Crippen LogP contribution in [0.3, 0.4) is 0 Å². The molecule has 1 aliphatic heterocycles. The third-order valence-electron chi connectivity index (χ3n) is 6.31. The molecule has 4 nitrogen and oxygen atoms in total. The predicted octanol–water partition coefficient (Wildman–Crippen LogP) is 5.05. The minimum Gasteiger partial charge on any atom is -0.383 e. The summed E-state index contributed by atoms with van der Waals surface area (Å²) in [6.07, 6.45) is 9.27. The van der Waals surface area contributed by atoms with Gasteiger partial charge in [0.15, 0.2) is 0 Å². The van der Waals surface area contributed by atoms with Crippen molar-refractivity contribution in [2.24, 2.45) is 0 Å². The summed E-state index contributed by atoms with van der Waals surface area (Å²) in [5.41, 5.74) is 1.33. The molecule has 4 rings (SSSR count). The van der Waals surface area contributed by atoms with Gasteiger partial charge in [-0.2, -0.15) is 0 Å². The van der Waals surface area contributed by atoms with Crippen molar-refractivity contribution in [2.75, 3.05) is 20.3 Å². The van der Waals surface area contributed by atoms with E-state index in [2.05, 4.69) is 17.9 Å². The smallest absolute Gasteiger partial charge is 0.127 e. The van der Waals surface area contributed by atoms with Crippen LogP contribution in [0.2, 0.25) is 0 Å². The number of ether oxygens (including phenoxy) is 1. The van der Waals surface area contributed by atoms with Gasteiger partial charge in [0, 0.05) is 29.5 Å². The van der Waals surface area contributed by atoms with Gasteiger partial charge >= 0.3 is 0 Å². The normalized spacial score (nSPS) is 25.3. The molecule has 1 aliphatic carbocycles. The summed E-state index contributed by atoms with van der Waals surface area (Å²) in [4.78, 5) is 14.9. The molecule has 26 heavy (non-hydrogen) atoms. The monoisotopic (exact) mass is 373 g/mol. The Morgan fingerprint density at radius 3 is 2.81 bits per heavy atom. The molecular weight excluding hydrogens is 342 g/mol. The van der Waals surface area contributed by atoms with Crippen molar-refractivity contribution in [1.29, 1.82) is 0 Å². The number of likely N-dealkylation sites (tertiary alicyclic amines) is 1. The first kappa shape index (κ1) is 18.3. The van der Waals surface area contributed by atoms with Crippen LogP contribution in [-0.4, -0.2) is 40.7 Å². The highest BCUT2D eigenvalue weighted by Gasteiger charge is 2.37. The average Bonchev–Trinajstić information content (AvgIpc) is 3.20. The highest BCUT2D eigenvalue weighted by molar-refractivity contribution is 7.18. The van der Waals surface area contributed by atoms with Crippen LogP contribution in [0.4, 0.5) is 0 Å². The molecule has 5 heteroatoms. The van der Waals surface area contributed by atoms with Crippen LogP contribution in [0, 0.1) is 6.92 Å². The number of thiophene rings is 1. The van der Waals surface area contributed by atoms with Crippen molar-refractivity contribution < 1.29 is 4.74 Å². The van der Waals surface area contributed by atoms with Gasteiger partial charge in [0.25, 0.3) is 0 Å². The average molecular weight is 374 g/mol. The zero-order valence-electron chi connectivity index (χ0n) is 16.4. The van der Waals surface area contributed by atoms with Crippen molar-refractivity contribution in [2.45, 2.75) is 76.8 Å². The van der Waals surface area contributed by atoms with Gasteiger partial charge in [0.05, 0.1) is 12.3 Å². The first-order chi connectivity index (χ1) is 12.6. The molecule has 0 spiro atoms. The number of aromatic nitrogens is 2. The van der Waals surface area contributed by atoms with Crippen molar-refractivity contribution >= 4 is 21.6 Å². The topological polar surface area (TPSA) is 38.2 Å². The summed E-state index contributed by atoms with van der Waals surface area (Å²) < 4.78 is 5.52. The fraction of sp³-hybridized carbons (Fsp3) is 0.714. The summed E-state index contributed by atoms with van der Waals surface area (Å²) in [7, 11) is 1.81. The number of methoxy groups -OCH3 is 1. The molecule has 2 aliphatic rings. The van der Waals surface area contributed by atoms with Crippen molar-refractivity contribution in [3.8, 4) is 0 Å². The van der Waals surface area contributed by atoms with E-state index >= 15 is 0 Å². The van der Waals surface area contributed by atoms with Crippen molar-refractivity contribution in [3.05, 3.63) is 22.5 Å². The summed E-state index contributed by atoms with van der Waals surface area (Å²) >= 11 is 1.91. The van der Waals surface area contributed by atoms with Gasteiger partial charge in [-0.15, -0.1) is 11.3 Å². The van der Waals surface area contributed by atoms with Gasteiger partial charge in [-0.05, 0) is 58.1 Å². The van der Waals surface area contributed by atoms with Crippen LogP contribution in [-0.2, 0) is 11.3 Å². The van der Waals surface area contributed by atoms with E-state index in [0.717, 1.165) is 31.4 Å². The number of aryl methyl sites for hydroxylation is 1. The van der Waals surface area contributed by atoms with E-state index in [1.807, 2.05) is 25.4 Å². The maximum atomic E-state index is 5.52. The predicted molar refractivity (Wildman–Crippen MR) is 108 cm³/mol. The van der Waals surface area contributed by atoms with Gasteiger partial charge in [-0.1, -0.05) is 19.3 Å². The molecule has 0 N–H and O–H groups in total. The lowest BCUT2D eigenvalue weighted by molar-refractivity contribution is 0.0454. The first-order valence-corrected chi connectivity index (χ1v) is 10.9. The number of hydrogen-bond donors (Lipinski definition) is 0. The second-order valence-electron chi connectivity index (χ2n) is 8.38. The quantitative estimate of drug-likeness (QED) is 0.735. The first-order valence-electron chi connectivity index (χ1n) is 10.1. The standard InChI is InChI=1S/C21H31N3OS/c1-15-22-18(13-24-11-7-10-21(24,2)14-25-3)17-12-19(26-20(17)23-15)16-8-5-4-6-9-16/h12,16H,4-11,13-14H2,1-3H3. The highest BCUT2D eigenvalue weighted by atomic mass is 32.1. The summed E-state index contributed by atoms with van der Waals surface area (Å²) in [6, 6.07) is 2.41. The van der Waals surface area contributed by atoms with Gasteiger partial charge < -0.3 is 4.74 Å². The summed E-state index contributed by atoms with van der Waals surface area (Å²) in [5.74, 6) is 1.64. The van der Waals surface area contributed by atoms with Crippen LogP contribution in [0.25, 0.3) is 10.2 Å². The Kier molecular flexibility index (Phi) is 5.31. The maximum absolute atomic E-state index is 5.52. The molecule has 1 saturated carbocycles. The van der Waals surface area contributed by atoms with E-state index in [1.165, 1.54) is 65.7 Å². The van der Waals surface area contributed by atoms with E-state index in [1.54, 1.807) is 0 Å². The molecule has 0 radical (unpaired) electrons. The number of hydrogen-bond acceptors (Lipinski definition) is 5.